The monoisotopic (exact) mass is 431 g/mol. The lowest BCUT2D eigenvalue weighted by atomic mass is 10.0. The number of carbonyl (C=O) groups excluding carboxylic acids is 2. The minimum absolute atomic E-state index is 0.0272. The van der Waals surface area contributed by atoms with Crippen molar-refractivity contribution in [3.8, 4) is 5.75 Å². The van der Waals surface area contributed by atoms with Gasteiger partial charge in [-0.3, -0.25) is 14.4 Å². The summed E-state index contributed by atoms with van der Waals surface area (Å²) in [4.78, 5) is 47.7. The highest BCUT2D eigenvalue weighted by Crippen LogP contribution is 2.16. The van der Waals surface area contributed by atoms with E-state index in [1.807, 2.05) is 44.2 Å². The molecule has 3 N–H and O–H groups in total. The van der Waals surface area contributed by atoms with Crippen LogP contribution in [0.2, 0.25) is 0 Å². The van der Waals surface area contributed by atoms with Crippen molar-refractivity contribution < 1.29 is 19.1 Å². The maximum absolute atomic E-state index is 12.5. The zero-order valence-corrected chi connectivity index (χ0v) is 18.0. The van der Waals surface area contributed by atoms with Crippen molar-refractivity contribution in [3.63, 3.8) is 0 Å². The van der Waals surface area contributed by atoms with Crippen LogP contribution < -0.4 is 31.5 Å². The quantitative estimate of drug-likeness (QED) is 0.344. The fourth-order valence-corrected chi connectivity index (χ4v) is 2.92. The highest BCUT2D eigenvalue weighted by Gasteiger charge is 2.24. The zero-order valence-electron chi connectivity index (χ0n) is 18.0. The number of nitrogens with one attached hydrogen (secondary N) is 3. The van der Waals surface area contributed by atoms with E-state index >= 15 is 0 Å². The number of ether oxygens (including phenoxy) is 2. The molecule has 2 amide bonds. The predicted molar refractivity (Wildman–Crippen MR) is 117 cm³/mol. The van der Waals surface area contributed by atoms with Gasteiger partial charge in [0.15, 0.2) is 5.75 Å². The summed E-state index contributed by atoms with van der Waals surface area (Å²) in [5.74, 6) is -0.165. The molecule has 0 saturated heterocycles. The molecule has 0 heterocycles. The third-order valence-electron chi connectivity index (χ3n) is 4.41. The first-order valence-electron chi connectivity index (χ1n) is 10.3. The molecule has 2 aromatic rings. The van der Waals surface area contributed by atoms with Gasteiger partial charge in [-0.1, -0.05) is 44.2 Å². The Balaban J connectivity index is 1.81. The van der Waals surface area contributed by atoms with Crippen molar-refractivity contribution in [2.24, 2.45) is 5.92 Å². The molecule has 9 heteroatoms. The summed E-state index contributed by atoms with van der Waals surface area (Å²) < 4.78 is 10.3. The Bertz CT molecular complexity index is 935. The Morgan fingerprint density at radius 3 is 2.39 bits per heavy atom. The predicted octanol–water partition coefficient (Wildman–Crippen LogP) is 1.55. The Labute approximate surface area is 180 Å². The van der Waals surface area contributed by atoms with Crippen molar-refractivity contribution in [1.29, 1.82) is 0 Å². The van der Waals surface area contributed by atoms with Crippen molar-refractivity contribution in [2.75, 3.05) is 25.0 Å². The fraction of sp³-hybridized carbons (Fsp3) is 0.455. The van der Waals surface area contributed by atoms with Gasteiger partial charge in [0.2, 0.25) is 5.91 Å². The van der Waals surface area contributed by atoms with Crippen molar-refractivity contribution in [2.45, 2.75) is 39.8 Å². The average molecular weight is 431 g/mol. The van der Waals surface area contributed by atoms with Gasteiger partial charge in [-0.2, -0.15) is 0 Å². The van der Waals surface area contributed by atoms with Crippen LogP contribution in [0.1, 0.15) is 32.8 Å². The maximum Gasteiger partial charge on any atom is 0.408 e. The SMILES string of the molecule is CCOc1c(NCCNC(=O)[C@H](CC(C)C)NC(=O)OCc2ccccc2)c(=O)c1=O. The Kier molecular flexibility index (Phi) is 9.05. The molecule has 1 atom stereocenters. The van der Waals surface area contributed by atoms with Crippen LogP contribution >= 0.6 is 0 Å². The van der Waals surface area contributed by atoms with Crippen molar-refractivity contribution in [3.05, 3.63) is 56.3 Å². The molecule has 31 heavy (non-hydrogen) atoms. The minimum Gasteiger partial charge on any atom is -0.488 e. The van der Waals surface area contributed by atoms with Crippen LogP contribution in [0, 0.1) is 5.92 Å². The second kappa shape index (κ2) is 11.7. The first-order valence-corrected chi connectivity index (χ1v) is 10.3. The fourth-order valence-electron chi connectivity index (χ4n) is 2.92. The van der Waals surface area contributed by atoms with Crippen LogP contribution in [-0.4, -0.2) is 37.7 Å². The molecule has 168 valence electrons. The van der Waals surface area contributed by atoms with Gasteiger partial charge >= 0.3 is 6.09 Å². The van der Waals surface area contributed by atoms with Crippen LogP contribution in [0.15, 0.2) is 39.9 Å². The van der Waals surface area contributed by atoms with E-state index in [0.717, 1.165) is 5.56 Å². The molecule has 0 aliphatic carbocycles. The number of alkyl carbamates (subject to hydrolysis) is 1. The van der Waals surface area contributed by atoms with E-state index in [2.05, 4.69) is 16.0 Å². The van der Waals surface area contributed by atoms with E-state index in [0.29, 0.717) is 6.42 Å². The number of hydrogen-bond donors (Lipinski definition) is 3. The molecule has 0 saturated carbocycles. The number of carbonyl (C=O) groups is 2. The first-order chi connectivity index (χ1) is 14.8. The highest BCUT2D eigenvalue weighted by molar-refractivity contribution is 5.85. The first kappa shape index (κ1) is 23.9. The zero-order chi connectivity index (χ0) is 22.8. The number of benzene rings is 1. The highest BCUT2D eigenvalue weighted by atomic mass is 16.5. The summed E-state index contributed by atoms with van der Waals surface area (Å²) in [7, 11) is 0. The standard InChI is InChI=1S/C22H29N3O6/c1-4-30-20-17(18(26)19(20)27)23-10-11-24-21(28)16(12-14(2)3)25-22(29)31-13-15-8-6-5-7-9-15/h5-9,14,16,23H,4,10-13H2,1-3H3,(H,24,28)(H,25,29)/t16-/m0/s1. The Hall–Kier alpha value is -3.36. The maximum atomic E-state index is 12.5. The molecular formula is C22H29N3O6. The van der Waals surface area contributed by atoms with Gasteiger partial charge in [0, 0.05) is 13.1 Å². The molecular weight excluding hydrogens is 402 g/mol. The number of rotatable bonds is 12. The molecule has 0 bridgehead atoms. The lowest BCUT2D eigenvalue weighted by molar-refractivity contribution is -0.123. The molecule has 0 unspecified atom stereocenters. The molecule has 0 aliphatic rings. The third kappa shape index (κ3) is 7.13. The summed E-state index contributed by atoms with van der Waals surface area (Å²) in [6.07, 6.45) is -0.236. The number of amides is 2. The Morgan fingerprint density at radius 2 is 1.74 bits per heavy atom. The number of anilines is 1. The lowest BCUT2D eigenvalue weighted by Crippen LogP contribution is -2.48. The third-order valence-corrected chi connectivity index (χ3v) is 4.41. The van der Waals surface area contributed by atoms with E-state index in [1.54, 1.807) is 6.92 Å². The van der Waals surface area contributed by atoms with Gasteiger partial charge in [-0.05, 0) is 24.8 Å². The van der Waals surface area contributed by atoms with Crippen LogP contribution in [-0.2, 0) is 16.1 Å². The lowest BCUT2D eigenvalue weighted by Gasteiger charge is -2.20. The molecule has 9 nitrogen and oxygen atoms in total. The van der Waals surface area contributed by atoms with Crippen LogP contribution in [0.4, 0.5) is 10.5 Å². The van der Waals surface area contributed by atoms with Crippen molar-refractivity contribution in [1.82, 2.24) is 10.6 Å². The smallest absolute Gasteiger partial charge is 0.408 e. The summed E-state index contributed by atoms with van der Waals surface area (Å²) >= 11 is 0. The topological polar surface area (TPSA) is 123 Å². The normalized spacial score (nSPS) is 11.7. The molecule has 0 fully saturated rings. The average Bonchev–Trinajstić information content (AvgIpc) is 2.76. The van der Waals surface area contributed by atoms with Gasteiger partial charge < -0.3 is 25.4 Å². The summed E-state index contributed by atoms with van der Waals surface area (Å²) in [5.41, 5.74) is -0.306. The molecule has 2 rings (SSSR count). The molecule has 0 spiro atoms. The van der Waals surface area contributed by atoms with E-state index < -0.39 is 23.0 Å². The Morgan fingerprint density at radius 1 is 1.03 bits per heavy atom. The summed E-state index contributed by atoms with van der Waals surface area (Å²) in [6.45, 7) is 6.41. The van der Waals surface area contributed by atoms with E-state index in [1.165, 1.54) is 0 Å². The summed E-state index contributed by atoms with van der Waals surface area (Å²) in [5, 5.41) is 8.12. The minimum atomic E-state index is -0.756. The van der Waals surface area contributed by atoms with Gasteiger partial charge in [0.05, 0.1) is 6.61 Å². The number of hydrogen-bond acceptors (Lipinski definition) is 7. The van der Waals surface area contributed by atoms with E-state index in [-0.39, 0.29) is 49.6 Å². The molecule has 0 aromatic heterocycles. The summed E-state index contributed by atoms with van der Waals surface area (Å²) in [6, 6.07) is 8.49. The van der Waals surface area contributed by atoms with Crippen LogP contribution in [0.25, 0.3) is 0 Å². The molecule has 2 aromatic carbocycles. The van der Waals surface area contributed by atoms with E-state index in [4.69, 9.17) is 9.47 Å². The van der Waals surface area contributed by atoms with Crippen LogP contribution in [0.3, 0.4) is 0 Å². The van der Waals surface area contributed by atoms with Crippen molar-refractivity contribution >= 4 is 17.7 Å². The molecule has 0 radical (unpaired) electrons. The second-order valence-corrected chi connectivity index (χ2v) is 7.40. The van der Waals surface area contributed by atoms with Gasteiger partial charge in [-0.15, -0.1) is 0 Å². The van der Waals surface area contributed by atoms with Gasteiger partial charge in [0.1, 0.15) is 18.3 Å². The van der Waals surface area contributed by atoms with E-state index in [9.17, 15) is 19.2 Å². The second-order valence-electron chi connectivity index (χ2n) is 7.40. The largest absolute Gasteiger partial charge is 0.488 e. The van der Waals surface area contributed by atoms with Crippen LogP contribution in [0.5, 0.6) is 5.75 Å². The van der Waals surface area contributed by atoms with Gasteiger partial charge in [0.25, 0.3) is 10.9 Å². The molecule has 0 aliphatic heterocycles. The van der Waals surface area contributed by atoms with Gasteiger partial charge in [-0.25, -0.2) is 4.79 Å².